The number of aromatic nitrogens is 3. The standard InChI is InChI=1S/C7H10ClN3S/c1-3-5-9-6(8)11-7(10-5)12-4-2/h3-4H2,1-2H3. The van der Waals surface area contributed by atoms with E-state index in [1.807, 2.05) is 13.8 Å². The number of nitrogens with zero attached hydrogens (tertiary/aromatic N) is 3. The Hall–Kier alpha value is -0.350. The van der Waals surface area contributed by atoms with Crippen LogP contribution in [0.2, 0.25) is 5.28 Å². The predicted octanol–water partition coefficient (Wildman–Crippen LogP) is 2.20. The summed E-state index contributed by atoms with van der Waals surface area (Å²) < 4.78 is 0. The van der Waals surface area contributed by atoms with Gasteiger partial charge in [-0.15, -0.1) is 0 Å². The summed E-state index contributed by atoms with van der Waals surface area (Å²) >= 11 is 7.26. The molecule has 0 aliphatic carbocycles. The van der Waals surface area contributed by atoms with Crippen LogP contribution in [0, 0.1) is 0 Å². The highest BCUT2D eigenvalue weighted by atomic mass is 35.5. The molecule has 0 saturated heterocycles. The van der Waals surface area contributed by atoms with E-state index in [4.69, 9.17) is 11.6 Å². The van der Waals surface area contributed by atoms with Gasteiger partial charge in [-0.2, -0.15) is 4.98 Å². The number of rotatable bonds is 3. The zero-order valence-corrected chi connectivity index (χ0v) is 8.61. The smallest absolute Gasteiger partial charge is 0.207 e. The lowest BCUT2D eigenvalue weighted by atomic mass is 10.5. The van der Waals surface area contributed by atoms with E-state index in [2.05, 4.69) is 15.0 Å². The number of hydrogen-bond acceptors (Lipinski definition) is 4. The van der Waals surface area contributed by atoms with Gasteiger partial charge in [0.15, 0.2) is 5.16 Å². The number of halogens is 1. The summed E-state index contributed by atoms with van der Waals surface area (Å²) in [5, 5.41) is 1.01. The Balaban J connectivity index is 2.90. The molecule has 0 aliphatic heterocycles. The van der Waals surface area contributed by atoms with Gasteiger partial charge >= 0.3 is 0 Å². The van der Waals surface area contributed by atoms with Gasteiger partial charge in [-0.1, -0.05) is 25.6 Å². The van der Waals surface area contributed by atoms with E-state index < -0.39 is 0 Å². The second-order valence-corrected chi connectivity index (χ2v) is 3.66. The lowest BCUT2D eigenvalue weighted by Crippen LogP contribution is -1.98. The fourth-order valence-corrected chi connectivity index (χ4v) is 1.53. The summed E-state index contributed by atoms with van der Waals surface area (Å²) in [5.41, 5.74) is 0. The number of aryl methyl sites for hydroxylation is 1. The minimum absolute atomic E-state index is 0.290. The van der Waals surface area contributed by atoms with Crippen LogP contribution in [0.4, 0.5) is 0 Å². The summed E-state index contributed by atoms with van der Waals surface area (Å²) in [7, 11) is 0. The van der Waals surface area contributed by atoms with Crippen molar-refractivity contribution in [2.45, 2.75) is 25.4 Å². The maximum Gasteiger partial charge on any atom is 0.226 e. The molecule has 66 valence electrons. The first-order valence-electron chi connectivity index (χ1n) is 3.79. The maximum absolute atomic E-state index is 5.69. The van der Waals surface area contributed by atoms with Crippen LogP contribution in [0.25, 0.3) is 0 Å². The van der Waals surface area contributed by atoms with Gasteiger partial charge in [-0.25, -0.2) is 9.97 Å². The molecule has 0 N–H and O–H groups in total. The van der Waals surface area contributed by atoms with Crippen molar-refractivity contribution in [1.82, 2.24) is 15.0 Å². The lowest BCUT2D eigenvalue weighted by molar-refractivity contribution is 0.815. The van der Waals surface area contributed by atoms with Crippen LogP contribution < -0.4 is 0 Å². The van der Waals surface area contributed by atoms with Gasteiger partial charge in [0.2, 0.25) is 5.28 Å². The van der Waals surface area contributed by atoms with Gasteiger partial charge in [0.25, 0.3) is 0 Å². The van der Waals surface area contributed by atoms with Gasteiger partial charge in [0.1, 0.15) is 5.82 Å². The molecule has 0 aromatic carbocycles. The molecular formula is C7H10ClN3S. The Bertz CT molecular complexity index is 267. The molecule has 12 heavy (non-hydrogen) atoms. The molecule has 0 fully saturated rings. The molecular weight excluding hydrogens is 194 g/mol. The van der Waals surface area contributed by atoms with E-state index in [0.717, 1.165) is 18.0 Å². The highest BCUT2D eigenvalue weighted by molar-refractivity contribution is 7.99. The first-order chi connectivity index (χ1) is 5.76. The molecule has 0 bridgehead atoms. The van der Waals surface area contributed by atoms with E-state index in [9.17, 15) is 0 Å². The molecule has 1 aromatic heterocycles. The molecule has 0 atom stereocenters. The van der Waals surface area contributed by atoms with E-state index in [0.29, 0.717) is 5.16 Å². The quantitative estimate of drug-likeness (QED) is 0.707. The van der Waals surface area contributed by atoms with Gasteiger partial charge in [0, 0.05) is 6.42 Å². The van der Waals surface area contributed by atoms with Gasteiger partial charge in [-0.05, 0) is 17.4 Å². The molecule has 0 amide bonds. The van der Waals surface area contributed by atoms with Crippen LogP contribution >= 0.6 is 23.4 Å². The van der Waals surface area contributed by atoms with Crippen LogP contribution in [0.3, 0.4) is 0 Å². The zero-order chi connectivity index (χ0) is 8.97. The first-order valence-corrected chi connectivity index (χ1v) is 5.15. The zero-order valence-electron chi connectivity index (χ0n) is 7.04. The topological polar surface area (TPSA) is 38.7 Å². The molecule has 0 spiro atoms. The fourth-order valence-electron chi connectivity index (χ4n) is 0.723. The SMILES string of the molecule is CCSc1nc(Cl)nc(CC)n1. The summed E-state index contributed by atoms with van der Waals surface area (Å²) in [5.74, 6) is 1.70. The van der Waals surface area contributed by atoms with Gasteiger partial charge in [0.05, 0.1) is 0 Å². The molecule has 1 heterocycles. The second-order valence-electron chi connectivity index (χ2n) is 2.09. The van der Waals surface area contributed by atoms with E-state index >= 15 is 0 Å². The largest absolute Gasteiger partial charge is 0.226 e. The van der Waals surface area contributed by atoms with Crippen molar-refractivity contribution < 1.29 is 0 Å². The first kappa shape index (κ1) is 9.74. The molecule has 0 unspecified atom stereocenters. The normalized spacial score (nSPS) is 10.2. The number of hydrogen-bond donors (Lipinski definition) is 0. The highest BCUT2D eigenvalue weighted by Gasteiger charge is 2.02. The Morgan fingerprint density at radius 3 is 2.58 bits per heavy atom. The summed E-state index contributed by atoms with van der Waals surface area (Å²) in [6, 6.07) is 0. The minimum atomic E-state index is 0.290. The third-order valence-electron chi connectivity index (χ3n) is 1.22. The summed E-state index contributed by atoms with van der Waals surface area (Å²) in [6.45, 7) is 4.04. The van der Waals surface area contributed by atoms with Crippen LogP contribution in [0.5, 0.6) is 0 Å². The van der Waals surface area contributed by atoms with Crippen molar-refractivity contribution in [2.24, 2.45) is 0 Å². The van der Waals surface area contributed by atoms with Crippen LogP contribution in [-0.4, -0.2) is 20.7 Å². The van der Waals surface area contributed by atoms with E-state index in [-0.39, 0.29) is 5.28 Å². The monoisotopic (exact) mass is 203 g/mol. The Morgan fingerprint density at radius 1 is 1.25 bits per heavy atom. The average molecular weight is 204 g/mol. The molecule has 1 rings (SSSR count). The Kier molecular flexibility index (Phi) is 3.75. The molecule has 5 heteroatoms. The predicted molar refractivity (Wildman–Crippen MR) is 50.6 cm³/mol. The molecule has 1 aromatic rings. The summed E-state index contributed by atoms with van der Waals surface area (Å²) in [6.07, 6.45) is 0.791. The average Bonchev–Trinajstić information content (AvgIpc) is 2.04. The van der Waals surface area contributed by atoms with Crippen molar-refractivity contribution in [3.05, 3.63) is 11.1 Å². The molecule has 0 radical (unpaired) electrons. The Morgan fingerprint density at radius 2 is 2.00 bits per heavy atom. The number of thioether (sulfide) groups is 1. The fraction of sp³-hybridized carbons (Fsp3) is 0.571. The van der Waals surface area contributed by atoms with E-state index in [1.165, 1.54) is 0 Å². The molecule has 3 nitrogen and oxygen atoms in total. The second kappa shape index (κ2) is 4.62. The third kappa shape index (κ3) is 2.60. The third-order valence-corrected chi connectivity index (χ3v) is 2.12. The van der Waals surface area contributed by atoms with Gasteiger partial charge < -0.3 is 0 Å². The van der Waals surface area contributed by atoms with E-state index in [1.54, 1.807) is 11.8 Å². The van der Waals surface area contributed by atoms with Crippen LogP contribution in [0.15, 0.2) is 5.16 Å². The molecule has 0 aliphatic rings. The van der Waals surface area contributed by atoms with Gasteiger partial charge in [-0.3, -0.25) is 0 Å². The summed E-state index contributed by atoms with van der Waals surface area (Å²) in [4.78, 5) is 12.1. The van der Waals surface area contributed by atoms with Crippen molar-refractivity contribution in [2.75, 3.05) is 5.75 Å². The highest BCUT2D eigenvalue weighted by Crippen LogP contribution is 2.13. The van der Waals surface area contributed by atoms with Crippen LogP contribution in [0.1, 0.15) is 19.7 Å². The van der Waals surface area contributed by atoms with Crippen molar-refractivity contribution in [3.8, 4) is 0 Å². The lowest BCUT2D eigenvalue weighted by Gasteiger charge is -1.99. The molecule has 0 saturated carbocycles. The Labute approximate surface area is 81.0 Å². The van der Waals surface area contributed by atoms with Crippen molar-refractivity contribution in [3.63, 3.8) is 0 Å². The van der Waals surface area contributed by atoms with Crippen molar-refractivity contribution >= 4 is 23.4 Å². The van der Waals surface area contributed by atoms with Crippen molar-refractivity contribution in [1.29, 1.82) is 0 Å². The minimum Gasteiger partial charge on any atom is -0.207 e. The van der Waals surface area contributed by atoms with Crippen LogP contribution in [-0.2, 0) is 6.42 Å². The maximum atomic E-state index is 5.69.